The topological polar surface area (TPSA) is 116 Å². The van der Waals surface area contributed by atoms with Gasteiger partial charge in [-0.05, 0) is 6.07 Å². The maximum Gasteiger partial charge on any atom is 0.257 e. The third-order valence-corrected chi connectivity index (χ3v) is 4.11. The summed E-state index contributed by atoms with van der Waals surface area (Å²) in [5, 5.41) is 4.77. The first-order chi connectivity index (χ1) is 11.6. The van der Waals surface area contributed by atoms with E-state index in [-0.39, 0.29) is 18.4 Å². The first kappa shape index (κ1) is 16.3. The number of nitrogens with two attached hydrogens (primary N) is 1. The molecule has 1 aliphatic rings. The Morgan fingerprint density at radius 2 is 2.38 bits per heavy atom. The number of anilines is 1. The van der Waals surface area contributed by atoms with E-state index in [0.717, 1.165) is 6.42 Å². The molecule has 2 aromatic heterocycles. The van der Waals surface area contributed by atoms with E-state index in [1.807, 2.05) is 0 Å². The van der Waals surface area contributed by atoms with Gasteiger partial charge in [0, 0.05) is 29.6 Å². The highest BCUT2D eigenvalue weighted by Crippen LogP contribution is 2.19. The van der Waals surface area contributed by atoms with Gasteiger partial charge in [0.1, 0.15) is 6.10 Å². The number of amides is 2. The van der Waals surface area contributed by atoms with E-state index in [1.165, 1.54) is 17.5 Å². The number of ether oxygens (including phenoxy) is 2. The van der Waals surface area contributed by atoms with Crippen LogP contribution in [0.4, 0.5) is 5.13 Å². The summed E-state index contributed by atoms with van der Waals surface area (Å²) in [5.41, 5.74) is 6.06. The van der Waals surface area contributed by atoms with Gasteiger partial charge in [-0.2, -0.15) is 0 Å². The van der Waals surface area contributed by atoms with Crippen LogP contribution in [0.25, 0.3) is 0 Å². The maximum atomic E-state index is 12.3. The number of primary amides is 1. The lowest BCUT2D eigenvalue weighted by atomic mass is 10.2. The van der Waals surface area contributed by atoms with Gasteiger partial charge in [-0.25, -0.2) is 9.97 Å². The second kappa shape index (κ2) is 7.37. The first-order valence-electron chi connectivity index (χ1n) is 7.34. The van der Waals surface area contributed by atoms with Gasteiger partial charge >= 0.3 is 0 Å². The minimum absolute atomic E-state index is 0.0360. The van der Waals surface area contributed by atoms with Crippen molar-refractivity contribution >= 4 is 28.3 Å². The average molecular weight is 348 g/mol. The van der Waals surface area contributed by atoms with E-state index >= 15 is 0 Å². The van der Waals surface area contributed by atoms with Gasteiger partial charge in [-0.1, -0.05) is 0 Å². The van der Waals surface area contributed by atoms with Crippen LogP contribution in [0.1, 0.15) is 22.5 Å². The Morgan fingerprint density at radius 3 is 3.12 bits per heavy atom. The van der Waals surface area contributed by atoms with Crippen molar-refractivity contribution in [1.82, 2.24) is 9.97 Å². The molecule has 1 fully saturated rings. The second-order valence-corrected chi connectivity index (χ2v) is 6.09. The summed E-state index contributed by atoms with van der Waals surface area (Å²) in [6, 6.07) is 3.16. The molecule has 0 spiro atoms. The van der Waals surface area contributed by atoms with Gasteiger partial charge < -0.3 is 15.2 Å². The quantitative estimate of drug-likeness (QED) is 0.804. The van der Waals surface area contributed by atoms with Crippen LogP contribution in [0.15, 0.2) is 23.7 Å². The number of carbonyl (C=O) groups excluding carboxylic acids is 2. The Bertz CT molecular complexity index is 743. The molecule has 0 aromatic carbocycles. The first-order valence-corrected chi connectivity index (χ1v) is 8.22. The van der Waals surface area contributed by atoms with Crippen molar-refractivity contribution in [2.45, 2.75) is 18.9 Å². The summed E-state index contributed by atoms with van der Waals surface area (Å²) in [6.07, 6.45) is 2.33. The van der Waals surface area contributed by atoms with Crippen LogP contribution in [0.3, 0.4) is 0 Å². The van der Waals surface area contributed by atoms with Crippen molar-refractivity contribution in [2.24, 2.45) is 5.73 Å². The average Bonchev–Trinajstić information content (AvgIpc) is 3.19. The fourth-order valence-corrected chi connectivity index (χ4v) is 2.89. The lowest BCUT2D eigenvalue weighted by Gasteiger charge is -2.11. The van der Waals surface area contributed by atoms with Crippen LogP contribution in [-0.2, 0) is 16.0 Å². The minimum Gasteiger partial charge on any atom is -0.472 e. The number of carbonyl (C=O) groups is 2. The molecular weight excluding hydrogens is 332 g/mol. The highest BCUT2D eigenvalue weighted by Gasteiger charge is 2.18. The zero-order chi connectivity index (χ0) is 16.9. The van der Waals surface area contributed by atoms with E-state index in [2.05, 4.69) is 15.3 Å². The third kappa shape index (κ3) is 4.27. The van der Waals surface area contributed by atoms with Crippen LogP contribution < -0.4 is 15.8 Å². The zero-order valence-corrected chi connectivity index (χ0v) is 13.5. The van der Waals surface area contributed by atoms with Gasteiger partial charge in [0.2, 0.25) is 11.8 Å². The van der Waals surface area contributed by atoms with Crippen molar-refractivity contribution in [3.8, 4) is 5.88 Å². The molecule has 3 N–H and O–H groups in total. The summed E-state index contributed by atoms with van der Waals surface area (Å²) in [6.45, 7) is 1.20. The Balaban J connectivity index is 1.63. The molecule has 0 aliphatic carbocycles. The molecule has 2 aromatic rings. The van der Waals surface area contributed by atoms with Crippen LogP contribution in [0, 0.1) is 0 Å². The van der Waals surface area contributed by atoms with Crippen LogP contribution in [-0.4, -0.2) is 41.1 Å². The highest BCUT2D eigenvalue weighted by atomic mass is 32.1. The number of nitrogens with zero attached hydrogens (tertiary/aromatic N) is 2. The fourth-order valence-electron chi connectivity index (χ4n) is 2.19. The standard InChI is InChI=1S/C15H16N4O4S/c16-12(20)6-10-8-24-15(18-10)19-14(21)9-1-3-17-13(5-9)23-11-2-4-22-7-11/h1,3,5,8,11H,2,4,6-7H2,(H2,16,20)(H,18,19,21). The summed E-state index contributed by atoms with van der Waals surface area (Å²) in [4.78, 5) is 31.4. The number of hydrogen-bond donors (Lipinski definition) is 2. The lowest BCUT2D eigenvalue weighted by molar-refractivity contribution is -0.117. The summed E-state index contributed by atoms with van der Waals surface area (Å²) >= 11 is 1.23. The maximum absolute atomic E-state index is 12.3. The molecule has 8 nitrogen and oxygen atoms in total. The molecule has 1 atom stereocenters. The van der Waals surface area contributed by atoms with Gasteiger partial charge in [0.25, 0.3) is 5.91 Å². The van der Waals surface area contributed by atoms with Gasteiger partial charge in [-0.15, -0.1) is 11.3 Å². The molecule has 1 saturated heterocycles. The molecule has 3 rings (SSSR count). The molecule has 126 valence electrons. The van der Waals surface area contributed by atoms with Gasteiger partial charge in [0.15, 0.2) is 5.13 Å². The van der Waals surface area contributed by atoms with Gasteiger partial charge in [0.05, 0.1) is 25.3 Å². The van der Waals surface area contributed by atoms with Crippen molar-refractivity contribution in [1.29, 1.82) is 0 Å². The molecule has 1 aliphatic heterocycles. The number of thiazole rings is 1. The predicted molar refractivity (Wildman–Crippen MR) is 87.1 cm³/mol. The molecule has 1 unspecified atom stereocenters. The van der Waals surface area contributed by atoms with E-state index < -0.39 is 5.91 Å². The van der Waals surface area contributed by atoms with E-state index in [9.17, 15) is 9.59 Å². The Kier molecular flexibility index (Phi) is 5.02. The van der Waals surface area contributed by atoms with E-state index in [1.54, 1.807) is 17.5 Å². The van der Waals surface area contributed by atoms with Crippen LogP contribution in [0.2, 0.25) is 0 Å². The number of hydrogen-bond acceptors (Lipinski definition) is 7. The fraction of sp³-hybridized carbons (Fsp3) is 0.333. The number of aromatic nitrogens is 2. The van der Waals surface area contributed by atoms with Crippen molar-refractivity contribution in [3.63, 3.8) is 0 Å². The molecule has 24 heavy (non-hydrogen) atoms. The molecular formula is C15H16N4O4S. The molecule has 0 bridgehead atoms. The second-order valence-electron chi connectivity index (χ2n) is 5.23. The molecule has 2 amide bonds. The molecule has 3 heterocycles. The third-order valence-electron chi connectivity index (χ3n) is 3.30. The normalized spacial score (nSPS) is 16.8. The predicted octanol–water partition coefficient (Wildman–Crippen LogP) is 0.986. The van der Waals surface area contributed by atoms with Crippen LogP contribution >= 0.6 is 11.3 Å². The Labute approximate surface area is 142 Å². The van der Waals surface area contributed by atoms with E-state index in [0.29, 0.717) is 35.5 Å². The molecule has 0 saturated carbocycles. The van der Waals surface area contributed by atoms with Crippen molar-refractivity contribution in [3.05, 3.63) is 35.0 Å². The van der Waals surface area contributed by atoms with Crippen LogP contribution in [0.5, 0.6) is 5.88 Å². The number of nitrogens with one attached hydrogen (secondary N) is 1. The molecule has 0 radical (unpaired) electrons. The largest absolute Gasteiger partial charge is 0.472 e. The Hall–Kier alpha value is -2.52. The number of rotatable bonds is 6. The van der Waals surface area contributed by atoms with Crippen molar-refractivity contribution in [2.75, 3.05) is 18.5 Å². The SMILES string of the molecule is NC(=O)Cc1csc(NC(=O)c2ccnc(OC3CCOC3)c2)n1. The summed E-state index contributed by atoms with van der Waals surface area (Å²) in [7, 11) is 0. The number of pyridine rings is 1. The Morgan fingerprint density at radius 1 is 1.50 bits per heavy atom. The summed E-state index contributed by atoms with van der Waals surface area (Å²) in [5.74, 6) is -0.415. The lowest BCUT2D eigenvalue weighted by Crippen LogP contribution is -2.17. The minimum atomic E-state index is -0.468. The highest BCUT2D eigenvalue weighted by molar-refractivity contribution is 7.14. The summed E-state index contributed by atoms with van der Waals surface area (Å²) < 4.78 is 10.9. The molecule has 9 heteroatoms. The van der Waals surface area contributed by atoms with Crippen molar-refractivity contribution < 1.29 is 19.1 Å². The smallest absolute Gasteiger partial charge is 0.257 e. The van der Waals surface area contributed by atoms with E-state index in [4.69, 9.17) is 15.2 Å². The zero-order valence-electron chi connectivity index (χ0n) is 12.7. The monoisotopic (exact) mass is 348 g/mol. The van der Waals surface area contributed by atoms with Gasteiger partial charge in [-0.3, -0.25) is 14.9 Å².